The third kappa shape index (κ3) is 5.55. The molecule has 55 heavy (non-hydrogen) atoms. The minimum absolute atomic E-state index is 0.625. The van der Waals surface area contributed by atoms with E-state index in [1.54, 1.807) is 0 Å². The highest BCUT2D eigenvalue weighted by Crippen LogP contribution is 2.58. The fourth-order valence-electron chi connectivity index (χ4n) is 8.10. The molecule has 10 rings (SSSR count). The van der Waals surface area contributed by atoms with Gasteiger partial charge in [0.1, 0.15) is 0 Å². The van der Waals surface area contributed by atoms with Gasteiger partial charge in [0, 0.05) is 38.9 Å². The van der Waals surface area contributed by atoms with Gasteiger partial charge < -0.3 is 0 Å². The average molecular weight is 703 g/mol. The first kappa shape index (κ1) is 32.4. The Morgan fingerprint density at radius 3 is 1.22 bits per heavy atom. The molecule has 258 valence electrons. The molecular weight excluding hydrogens is 669 g/mol. The van der Waals surface area contributed by atoms with E-state index in [0.29, 0.717) is 11.6 Å². The summed E-state index contributed by atoms with van der Waals surface area (Å²) in [5.41, 5.74) is 13.7. The van der Waals surface area contributed by atoms with Gasteiger partial charge in [-0.15, -0.1) is 0 Å². The van der Waals surface area contributed by atoms with Crippen molar-refractivity contribution in [2.45, 2.75) is 5.41 Å². The number of hydrogen-bond acceptors (Lipinski definition) is 4. The topological polar surface area (TPSA) is 51.6 Å². The van der Waals surface area contributed by atoms with E-state index in [0.717, 1.165) is 61.7 Å². The molecule has 0 N–H and O–H groups in total. The Morgan fingerprint density at radius 1 is 0.309 bits per heavy atom. The molecule has 0 bridgehead atoms. The summed E-state index contributed by atoms with van der Waals surface area (Å²) >= 11 is 0. The van der Waals surface area contributed by atoms with Crippen molar-refractivity contribution in [2.75, 3.05) is 0 Å². The number of benzene rings is 7. The van der Waals surface area contributed by atoms with Crippen LogP contribution in [0.1, 0.15) is 22.3 Å². The molecule has 0 aliphatic heterocycles. The molecule has 0 atom stereocenters. The summed E-state index contributed by atoms with van der Waals surface area (Å²) in [5, 5.41) is 0. The van der Waals surface area contributed by atoms with E-state index in [-0.39, 0.29) is 0 Å². The lowest BCUT2D eigenvalue weighted by Crippen LogP contribution is -2.29. The van der Waals surface area contributed by atoms with Crippen molar-refractivity contribution < 1.29 is 0 Å². The molecule has 0 saturated heterocycles. The first-order chi connectivity index (χ1) is 27.3. The molecule has 1 aliphatic carbocycles. The molecule has 0 unspecified atom stereocenters. The van der Waals surface area contributed by atoms with E-state index in [1.807, 2.05) is 36.4 Å². The highest BCUT2D eigenvalue weighted by molar-refractivity contribution is 5.90. The van der Waals surface area contributed by atoms with E-state index in [9.17, 15) is 0 Å². The minimum Gasteiger partial charge on any atom is -0.228 e. The quantitative estimate of drug-likeness (QED) is 0.166. The van der Waals surface area contributed by atoms with Crippen molar-refractivity contribution >= 4 is 0 Å². The molecule has 2 heterocycles. The van der Waals surface area contributed by atoms with Crippen LogP contribution in [0, 0.1) is 0 Å². The van der Waals surface area contributed by atoms with Gasteiger partial charge in [0.15, 0.2) is 11.6 Å². The Kier molecular flexibility index (Phi) is 8.00. The summed E-state index contributed by atoms with van der Waals surface area (Å²) < 4.78 is 0. The fraction of sp³-hybridized carbons (Fsp3) is 0.0196. The van der Waals surface area contributed by atoms with Gasteiger partial charge >= 0.3 is 0 Å². The summed E-state index contributed by atoms with van der Waals surface area (Å²) in [6.07, 6.45) is 0. The monoisotopic (exact) mass is 702 g/mol. The molecule has 0 fully saturated rings. The largest absolute Gasteiger partial charge is 0.228 e. The van der Waals surface area contributed by atoms with Crippen LogP contribution in [0.4, 0.5) is 0 Å². The normalized spacial score (nSPS) is 12.5. The predicted octanol–water partition coefficient (Wildman–Crippen LogP) is 12.0. The summed E-state index contributed by atoms with van der Waals surface area (Å²) in [6.45, 7) is 0. The molecule has 0 saturated carbocycles. The Hall–Kier alpha value is -7.30. The summed E-state index contributed by atoms with van der Waals surface area (Å²) in [7, 11) is 0. The fourth-order valence-corrected chi connectivity index (χ4v) is 8.10. The average Bonchev–Trinajstić information content (AvgIpc) is 3.58. The molecule has 7 aromatic carbocycles. The van der Waals surface area contributed by atoms with Crippen LogP contribution in [-0.2, 0) is 5.41 Å². The van der Waals surface area contributed by atoms with Crippen LogP contribution < -0.4 is 0 Å². The number of nitrogens with zero attached hydrogens (tertiary/aromatic N) is 4. The number of hydrogen-bond donors (Lipinski definition) is 0. The molecule has 4 heteroatoms. The summed E-state index contributed by atoms with van der Waals surface area (Å²) in [6, 6.07) is 71.8. The molecule has 4 nitrogen and oxygen atoms in total. The number of fused-ring (bicyclic) bond motifs is 3. The van der Waals surface area contributed by atoms with Gasteiger partial charge in [-0.05, 0) is 22.8 Å². The van der Waals surface area contributed by atoms with Crippen LogP contribution in [0.15, 0.2) is 206 Å². The lowest BCUT2D eigenvalue weighted by Gasteiger charge is -2.34. The van der Waals surface area contributed by atoms with E-state index in [2.05, 4.69) is 170 Å². The molecule has 1 aliphatic rings. The number of rotatable bonds is 7. The Morgan fingerprint density at radius 2 is 0.709 bits per heavy atom. The van der Waals surface area contributed by atoms with Gasteiger partial charge in [-0.1, -0.05) is 200 Å². The molecule has 9 aromatic rings. The van der Waals surface area contributed by atoms with Crippen molar-refractivity contribution in [3.8, 4) is 67.8 Å². The highest BCUT2D eigenvalue weighted by atomic mass is 14.9. The van der Waals surface area contributed by atoms with Crippen LogP contribution in [-0.4, -0.2) is 19.9 Å². The van der Waals surface area contributed by atoms with Gasteiger partial charge in [-0.3, -0.25) is 0 Å². The van der Waals surface area contributed by atoms with Crippen molar-refractivity contribution in [2.24, 2.45) is 0 Å². The minimum atomic E-state index is -0.625. The summed E-state index contributed by atoms with van der Waals surface area (Å²) in [4.78, 5) is 21.1. The second-order valence-corrected chi connectivity index (χ2v) is 13.8. The van der Waals surface area contributed by atoms with Crippen LogP contribution in [0.25, 0.3) is 67.8 Å². The van der Waals surface area contributed by atoms with Crippen LogP contribution in [0.5, 0.6) is 0 Å². The molecule has 0 amide bonds. The zero-order valence-corrected chi connectivity index (χ0v) is 29.9. The van der Waals surface area contributed by atoms with E-state index >= 15 is 0 Å². The predicted molar refractivity (Wildman–Crippen MR) is 222 cm³/mol. The second kappa shape index (κ2) is 13.6. The van der Waals surface area contributed by atoms with Crippen molar-refractivity contribution in [3.63, 3.8) is 0 Å². The summed E-state index contributed by atoms with van der Waals surface area (Å²) in [5.74, 6) is 1.33. The Balaban J connectivity index is 1.16. The van der Waals surface area contributed by atoms with Crippen molar-refractivity contribution in [1.29, 1.82) is 0 Å². The maximum absolute atomic E-state index is 5.48. The SMILES string of the molecule is c1ccc(-c2cc(-c3ccccc3)nc(-c3ccc(-c4nc(-c5ccccc5)c5c(n4)-c4ccccc4C5(c4ccccc4)c4ccccc4)cc3)n2)cc1. The maximum atomic E-state index is 5.48. The molecular formula is C51H34N4. The molecule has 0 spiro atoms. The highest BCUT2D eigenvalue weighted by Gasteiger charge is 2.49. The van der Waals surface area contributed by atoms with Gasteiger partial charge in [-0.2, -0.15) is 0 Å². The second-order valence-electron chi connectivity index (χ2n) is 13.8. The lowest BCUT2D eigenvalue weighted by atomic mass is 9.67. The smallest absolute Gasteiger partial charge is 0.160 e. The third-order valence-corrected chi connectivity index (χ3v) is 10.6. The van der Waals surface area contributed by atoms with E-state index < -0.39 is 5.41 Å². The first-order valence-electron chi connectivity index (χ1n) is 18.6. The first-order valence-corrected chi connectivity index (χ1v) is 18.6. The lowest BCUT2D eigenvalue weighted by molar-refractivity contribution is 0.763. The van der Waals surface area contributed by atoms with Gasteiger partial charge in [-0.25, -0.2) is 19.9 Å². The third-order valence-electron chi connectivity index (χ3n) is 10.6. The zero-order chi connectivity index (χ0) is 36.6. The van der Waals surface area contributed by atoms with Crippen LogP contribution in [0.3, 0.4) is 0 Å². The van der Waals surface area contributed by atoms with Gasteiger partial charge in [0.25, 0.3) is 0 Å². The molecule has 0 radical (unpaired) electrons. The Labute approximate surface area is 320 Å². The Bertz CT molecular complexity index is 2670. The van der Waals surface area contributed by atoms with Crippen molar-refractivity contribution in [3.05, 3.63) is 229 Å². The van der Waals surface area contributed by atoms with Gasteiger partial charge in [0.2, 0.25) is 0 Å². The maximum Gasteiger partial charge on any atom is 0.160 e. The zero-order valence-electron chi connectivity index (χ0n) is 29.9. The van der Waals surface area contributed by atoms with E-state index in [1.165, 1.54) is 16.7 Å². The standard InChI is InChI=1S/C51H34N4/c1-6-18-35(19-7-1)44-34-45(36-20-8-2-9-21-36)53-49(52-44)38-30-32-39(33-31-38)50-54-47(37-22-10-3-11-23-37)46-48(55-50)42-28-16-17-29-43(42)51(46,40-24-12-4-13-25-40)41-26-14-5-15-27-41/h1-34H. The van der Waals surface area contributed by atoms with E-state index in [4.69, 9.17) is 19.9 Å². The van der Waals surface area contributed by atoms with Crippen LogP contribution in [0.2, 0.25) is 0 Å². The van der Waals surface area contributed by atoms with Gasteiger partial charge in [0.05, 0.1) is 28.2 Å². The molecule has 2 aromatic heterocycles. The number of aromatic nitrogens is 4. The van der Waals surface area contributed by atoms with Crippen molar-refractivity contribution in [1.82, 2.24) is 19.9 Å². The van der Waals surface area contributed by atoms with Crippen LogP contribution >= 0.6 is 0 Å².